The van der Waals surface area contributed by atoms with E-state index in [2.05, 4.69) is 5.32 Å². The van der Waals surface area contributed by atoms with Gasteiger partial charge < -0.3 is 10.4 Å². The summed E-state index contributed by atoms with van der Waals surface area (Å²) in [6, 6.07) is 13.8. The molecule has 0 fully saturated rings. The first kappa shape index (κ1) is 21.9. The molecule has 0 bridgehead atoms. The second-order valence-corrected chi connectivity index (χ2v) is 9.11. The lowest BCUT2D eigenvalue weighted by Gasteiger charge is -2.27. The molecule has 0 aromatic heterocycles. The fourth-order valence-corrected chi connectivity index (χ4v) is 5.21. The fourth-order valence-electron chi connectivity index (χ4n) is 3.03. The Morgan fingerprint density at radius 1 is 1.03 bits per heavy atom. The second-order valence-electron chi connectivity index (χ2n) is 6.37. The van der Waals surface area contributed by atoms with Gasteiger partial charge in [0.15, 0.2) is 0 Å². The molecule has 2 N–H and O–H groups in total. The van der Waals surface area contributed by atoms with Crippen LogP contribution in [0.2, 0.25) is 10.0 Å². The van der Waals surface area contributed by atoms with E-state index in [1.807, 2.05) is 0 Å². The molecule has 156 valence electrons. The first-order chi connectivity index (χ1) is 14.1. The normalized spacial score (nSPS) is 11.3. The summed E-state index contributed by atoms with van der Waals surface area (Å²) in [7, 11) is -4.41. The van der Waals surface area contributed by atoms with Crippen LogP contribution in [0.4, 0.5) is 11.4 Å². The summed E-state index contributed by atoms with van der Waals surface area (Å²) in [5.74, 6) is -1.82. The molecule has 7 nitrogen and oxygen atoms in total. The van der Waals surface area contributed by atoms with Gasteiger partial charge in [0.1, 0.15) is 6.54 Å². The highest BCUT2D eigenvalue weighted by Crippen LogP contribution is 2.38. The molecule has 10 heteroatoms. The van der Waals surface area contributed by atoms with E-state index in [-0.39, 0.29) is 26.3 Å². The van der Waals surface area contributed by atoms with Gasteiger partial charge in [0.2, 0.25) is 5.91 Å². The number of carboxylic acids is 1. The van der Waals surface area contributed by atoms with Gasteiger partial charge in [0, 0.05) is 22.4 Å². The van der Waals surface area contributed by atoms with Crippen molar-refractivity contribution in [1.29, 1.82) is 0 Å². The highest BCUT2D eigenvalue weighted by Gasteiger charge is 2.31. The number of benzene rings is 3. The Bertz CT molecular complexity index is 1240. The maximum Gasteiger partial charge on any atom is 0.324 e. The first-order valence-corrected chi connectivity index (χ1v) is 10.8. The molecule has 3 aromatic rings. The van der Waals surface area contributed by atoms with Crippen LogP contribution in [0.25, 0.3) is 10.8 Å². The van der Waals surface area contributed by atoms with E-state index in [9.17, 15) is 23.1 Å². The molecule has 0 aliphatic heterocycles. The quantitative estimate of drug-likeness (QED) is 0.560. The number of amides is 1. The number of carbonyl (C=O) groups excluding carboxylic acids is 1. The van der Waals surface area contributed by atoms with Crippen LogP contribution in [0.3, 0.4) is 0 Å². The minimum absolute atomic E-state index is 0.0294. The van der Waals surface area contributed by atoms with Crippen molar-refractivity contribution >= 4 is 67.2 Å². The lowest BCUT2D eigenvalue weighted by molar-refractivity contribution is -0.135. The van der Waals surface area contributed by atoms with Gasteiger partial charge in [-0.15, -0.1) is 0 Å². The second kappa shape index (κ2) is 8.51. The Balaban J connectivity index is 2.34. The zero-order valence-electron chi connectivity index (χ0n) is 15.6. The Hall–Kier alpha value is -2.81. The van der Waals surface area contributed by atoms with Gasteiger partial charge in [-0.05, 0) is 29.7 Å². The number of fused-ring (bicyclic) bond motifs is 1. The van der Waals surface area contributed by atoms with Crippen molar-refractivity contribution in [3.05, 3.63) is 64.6 Å². The third-order valence-electron chi connectivity index (χ3n) is 4.16. The standard InChI is InChI=1S/C20H16Cl2N2O5S/c1-12(25)23-18-7-6-13-4-2-3-5-17(13)20(18)24(11-19(26)27)30(28,29)16-9-14(21)8-15(22)10-16/h2-10H,11H2,1H3,(H,23,25)(H,26,27). The van der Waals surface area contributed by atoms with Crippen LogP contribution >= 0.6 is 23.2 Å². The summed E-state index contributed by atoms with van der Waals surface area (Å²) in [5, 5.41) is 13.3. The number of carboxylic acid groups (broad SMARTS) is 1. The number of halogens is 2. The van der Waals surface area contributed by atoms with Gasteiger partial charge in [-0.3, -0.25) is 13.9 Å². The number of carbonyl (C=O) groups is 2. The summed E-state index contributed by atoms with van der Waals surface area (Å²) in [6.45, 7) is 0.388. The molecule has 0 spiro atoms. The number of anilines is 2. The van der Waals surface area contributed by atoms with E-state index in [0.29, 0.717) is 10.8 Å². The molecule has 0 atom stereocenters. The molecule has 0 unspecified atom stereocenters. The van der Waals surface area contributed by atoms with E-state index >= 15 is 0 Å². The Morgan fingerprint density at radius 2 is 1.67 bits per heavy atom. The third kappa shape index (κ3) is 4.51. The molecule has 0 aliphatic carbocycles. The van der Waals surface area contributed by atoms with Crippen LogP contribution in [0, 0.1) is 0 Å². The molecule has 30 heavy (non-hydrogen) atoms. The lowest BCUT2D eigenvalue weighted by atomic mass is 10.1. The number of nitrogens with zero attached hydrogens (tertiary/aromatic N) is 1. The van der Waals surface area contributed by atoms with Gasteiger partial charge in [0.05, 0.1) is 16.3 Å². The molecule has 0 radical (unpaired) electrons. The average Bonchev–Trinajstić information content (AvgIpc) is 2.65. The van der Waals surface area contributed by atoms with Crippen LogP contribution in [-0.2, 0) is 19.6 Å². The van der Waals surface area contributed by atoms with Crippen LogP contribution in [-0.4, -0.2) is 31.9 Å². The highest BCUT2D eigenvalue weighted by atomic mass is 35.5. The topological polar surface area (TPSA) is 104 Å². The molecule has 1 amide bonds. The lowest BCUT2D eigenvalue weighted by Crippen LogP contribution is -2.36. The number of hydrogen-bond donors (Lipinski definition) is 2. The van der Waals surface area contributed by atoms with E-state index in [4.69, 9.17) is 23.2 Å². The average molecular weight is 467 g/mol. The fraction of sp³-hybridized carbons (Fsp3) is 0.100. The van der Waals surface area contributed by atoms with E-state index in [1.54, 1.807) is 30.3 Å². The van der Waals surface area contributed by atoms with Crippen molar-refractivity contribution < 1.29 is 23.1 Å². The highest BCUT2D eigenvalue weighted by molar-refractivity contribution is 7.93. The van der Waals surface area contributed by atoms with E-state index in [1.165, 1.54) is 31.2 Å². The van der Waals surface area contributed by atoms with E-state index < -0.39 is 28.4 Å². The molecular formula is C20H16Cl2N2O5S. The molecular weight excluding hydrogens is 451 g/mol. The van der Waals surface area contributed by atoms with Crippen molar-refractivity contribution in [2.45, 2.75) is 11.8 Å². The van der Waals surface area contributed by atoms with Crippen molar-refractivity contribution in [3.63, 3.8) is 0 Å². The number of sulfonamides is 1. The van der Waals surface area contributed by atoms with Gasteiger partial charge in [-0.1, -0.05) is 53.5 Å². The molecule has 0 heterocycles. The summed E-state index contributed by atoms with van der Waals surface area (Å²) in [6.07, 6.45) is 0. The van der Waals surface area contributed by atoms with Gasteiger partial charge in [-0.25, -0.2) is 8.42 Å². The summed E-state index contributed by atoms with van der Waals surface area (Å²) < 4.78 is 27.7. The molecule has 3 rings (SSSR count). The van der Waals surface area contributed by atoms with Crippen LogP contribution in [0.1, 0.15) is 6.92 Å². The smallest absolute Gasteiger partial charge is 0.324 e. The maximum absolute atomic E-state index is 13.5. The predicted octanol–water partition coefficient (Wildman–Crippen LogP) is 4.38. The third-order valence-corrected chi connectivity index (χ3v) is 6.32. The summed E-state index contributed by atoms with van der Waals surface area (Å²) in [4.78, 5) is 23.1. The SMILES string of the molecule is CC(=O)Nc1ccc2ccccc2c1N(CC(=O)O)S(=O)(=O)c1cc(Cl)cc(Cl)c1. The number of nitrogens with one attached hydrogen (secondary N) is 1. The molecule has 3 aromatic carbocycles. The Labute approximate surface area is 182 Å². The molecule has 0 aliphatic rings. The van der Waals surface area contributed by atoms with Crippen molar-refractivity contribution in [2.75, 3.05) is 16.2 Å². The van der Waals surface area contributed by atoms with Crippen LogP contribution in [0.5, 0.6) is 0 Å². The van der Waals surface area contributed by atoms with Crippen molar-refractivity contribution in [2.24, 2.45) is 0 Å². The minimum atomic E-state index is -4.41. The minimum Gasteiger partial charge on any atom is -0.480 e. The van der Waals surface area contributed by atoms with E-state index in [0.717, 1.165) is 4.31 Å². The van der Waals surface area contributed by atoms with Gasteiger partial charge in [0.25, 0.3) is 10.0 Å². The predicted molar refractivity (Wildman–Crippen MR) is 117 cm³/mol. The maximum atomic E-state index is 13.5. The number of aliphatic carboxylic acids is 1. The van der Waals surface area contributed by atoms with Crippen LogP contribution < -0.4 is 9.62 Å². The monoisotopic (exact) mass is 466 g/mol. The summed E-state index contributed by atoms with van der Waals surface area (Å²) in [5.41, 5.74) is 0.181. The van der Waals surface area contributed by atoms with Crippen molar-refractivity contribution in [3.8, 4) is 0 Å². The molecule has 0 saturated carbocycles. The summed E-state index contributed by atoms with van der Waals surface area (Å²) >= 11 is 11.9. The largest absolute Gasteiger partial charge is 0.480 e. The van der Waals surface area contributed by atoms with Gasteiger partial charge >= 0.3 is 5.97 Å². The Morgan fingerprint density at radius 3 is 2.27 bits per heavy atom. The number of rotatable bonds is 6. The Kier molecular flexibility index (Phi) is 6.21. The molecule has 0 saturated heterocycles. The first-order valence-electron chi connectivity index (χ1n) is 8.59. The van der Waals surface area contributed by atoms with Crippen LogP contribution in [0.15, 0.2) is 59.5 Å². The van der Waals surface area contributed by atoms with Gasteiger partial charge in [-0.2, -0.15) is 0 Å². The zero-order chi connectivity index (χ0) is 22.1. The van der Waals surface area contributed by atoms with Crippen molar-refractivity contribution in [1.82, 2.24) is 0 Å². The number of hydrogen-bond acceptors (Lipinski definition) is 4. The zero-order valence-corrected chi connectivity index (χ0v) is 17.9.